The Morgan fingerprint density at radius 1 is 1.45 bits per heavy atom. The lowest BCUT2D eigenvalue weighted by Crippen LogP contribution is -1.87. The van der Waals surface area contributed by atoms with Gasteiger partial charge in [-0.15, -0.1) is 0 Å². The number of ether oxygens (including phenoxy) is 1. The summed E-state index contributed by atoms with van der Waals surface area (Å²) in [5.74, 6) is 0.878. The van der Waals surface area contributed by atoms with E-state index < -0.39 is 0 Å². The van der Waals surface area contributed by atoms with Crippen LogP contribution in [0.25, 0.3) is 0 Å². The second-order valence-electron chi connectivity index (χ2n) is 2.34. The zero-order valence-electron chi connectivity index (χ0n) is 6.63. The number of hydrogen-bond donors (Lipinski definition) is 0. The van der Waals surface area contributed by atoms with Crippen LogP contribution >= 0.6 is 12.2 Å². The van der Waals surface area contributed by atoms with Gasteiger partial charge in [-0.05, 0) is 30.2 Å². The second kappa shape index (κ2) is 3.49. The van der Waals surface area contributed by atoms with Gasteiger partial charge in [0.1, 0.15) is 5.75 Å². The summed E-state index contributed by atoms with van der Waals surface area (Å²) in [5.41, 5.74) is 2.24. The van der Waals surface area contributed by atoms with Gasteiger partial charge in [0.05, 0.1) is 7.11 Å². The van der Waals surface area contributed by atoms with Gasteiger partial charge in [-0.3, -0.25) is 0 Å². The molecule has 58 valence electrons. The molecule has 1 rings (SSSR count). The van der Waals surface area contributed by atoms with Crippen molar-refractivity contribution in [1.29, 1.82) is 0 Å². The van der Waals surface area contributed by atoms with Crippen LogP contribution in [0.5, 0.6) is 5.75 Å². The van der Waals surface area contributed by atoms with Crippen molar-refractivity contribution in [1.82, 2.24) is 0 Å². The average Bonchev–Trinajstić information content (AvgIpc) is 2.04. The SMILES string of the molecule is COc1ccc(C=S)c(C)c1. The van der Waals surface area contributed by atoms with E-state index in [-0.39, 0.29) is 0 Å². The van der Waals surface area contributed by atoms with Gasteiger partial charge in [0.2, 0.25) is 0 Å². The topological polar surface area (TPSA) is 9.23 Å². The van der Waals surface area contributed by atoms with Gasteiger partial charge >= 0.3 is 0 Å². The first-order valence-corrected chi connectivity index (χ1v) is 3.85. The van der Waals surface area contributed by atoms with Crippen molar-refractivity contribution >= 4 is 17.6 Å². The molecule has 0 N–H and O–H groups in total. The number of aryl methyl sites for hydroxylation is 1. The third-order valence-electron chi connectivity index (χ3n) is 1.60. The van der Waals surface area contributed by atoms with Crippen LogP contribution in [-0.2, 0) is 0 Å². The molecule has 0 saturated carbocycles. The Labute approximate surface area is 72.0 Å². The Kier molecular flexibility index (Phi) is 2.60. The number of hydrogen-bond acceptors (Lipinski definition) is 2. The van der Waals surface area contributed by atoms with Crippen LogP contribution in [0.4, 0.5) is 0 Å². The molecule has 0 amide bonds. The van der Waals surface area contributed by atoms with E-state index in [0.717, 1.165) is 16.9 Å². The average molecular weight is 166 g/mol. The van der Waals surface area contributed by atoms with Gasteiger partial charge in [-0.25, -0.2) is 0 Å². The predicted molar refractivity (Wildman–Crippen MR) is 50.5 cm³/mol. The smallest absolute Gasteiger partial charge is 0.119 e. The molecular formula is C9H10OS. The Hall–Kier alpha value is -0.890. The highest BCUT2D eigenvalue weighted by Gasteiger charge is 1.95. The van der Waals surface area contributed by atoms with Crippen LogP contribution < -0.4 is 4.74 Å². The van der Waals surface area contributed by atoms with E-state index in [1.165, 1.54) is 0 Å². The fourth-order valence-corrected chi connectivity index (χ4v) is 1.17. The van der Waals surface area contributed by atoms with E-state index in [4.69, 9.17) is 17.0 Å². The monoisotopic (exact) mass is 166 g/mol. The summed E-state index contributed by atoms with van der Waals surface area (Å²) in [6, 6.07) is 5.84. The highest BCUT2D eigenvalue weighted by Crippen LogP contribution is 2.15. The van der Waals surface area contributed by atoms with E-state index in [1.807, 2.05) is 25.1 Å². The lowest BCUT2D eigenvalue weighted by molar-refractivity contribution is 0.414. The Bertz CT molecular complexity index is 268. The maximum absolute atomic E-state index is 5.05. The molecule has 1 nitrogen and oxygen atoms in total. The number of methoxy groups -OCH3 is 1. The van der Waals surface area contributed by atoms with E-state index >= 15 is 0 Å². The molecule has 0 unspecified atom stereocenters. The number of rotatable bonds is 2. The summed E-state index contributed by atoms with van der Waals surface area (Å²) >= 11 is 4.82. The molecule has 0 saturated heterocycles. The van der Waals surface area contributed by atoms with Crippen LogP contribution in [0.3, 0.4) is 0 Å². The molecule has 0 aliphatic carbocycles. The molecule has 0 radical (unpaired) electrons. The molecule has 0 fully saturated rings. The zero-order chi connectivity index (χ0) is 8.27. The maximum atomic E-state index is 5.05. The molecule has 0 heterocycles. The third-order valence-corrected chi connectivity index (χ3v) is 1.86. The molecule has 0 aliphatic rings. The van der Waals surface area contributed by atoms with E-state index in [1.54, 1.807) is 12.5 Å². The van der Waals surface area contributed by atoms with Gasteiger partial charge in [0.15, 0.2) is 0 Å². The fraction of sp³-hybridized carbons (Fsp3) is 0.222. The molecule has 0 bridgehead atoms. The minimum atomic E-state index is 0.878. The van der Waals surface area contributed by atoms with E-state index in [9.17, 15) is 0 Å². The van der Waals surface area contributed by atoms with Crippen molar-refractivity contribution in [2.24, 2.45) is 0 Å². The summed E-state index contributed by atoms with van der Waals surface area (Å²) in [6.07, 6.45) is 0. The van der Waals surface area contributed by atoms with Crippen molar-refractivity contribution < 1.29 is 4.74 Å². The summed E-state index contributed by atoms with van der Waals surface area (Å²) in [6.45, 7) is 2.01. The van der Waals surface area contributed by atoms with Gasteiger partial charge in [0.25, 0.3) is 0 Å². The predicted octanol–water partition coefficient (Wildman–Crippen LogP) is 2.35. The van der Waals surface area contributed by atoms with Gasteiger partial charge in [-0.2, -0.15) is 0 Å². The lowest BCUT2D eigenvalue weighted by Gasteiger charge is -2.02. The second-order valence-corrected chi connectivity index (χ2v) is 2.58. The van der Waals surface area contributed by atoms with Crippen molar-refractivity contribution in [2.45, 2.75) is 6.92 Å². The Morgan fingerprint density at radius 3 is 2.64 bits per heavy atom. The molecule has 0 aromatic heterocycles. The Balaban J connectivity index is 3.09. The molecule has 0 atom stereocenters. The quantitative estimate of drug-likeness (QED) is 0.624. The van der Waals surface area contributed by atoms with Crippen LogP contribution in [0.2, 0.25) is 0 Å². The largest absolute Gasteiger partial charge is 0.497 e. The fourth-order valence-electron chi connectivity index (χ4n) is 0.907. The summed E-state index contributed by atoms with van der Waals surface area (Å²) in [7, 11) is 1.66. The Morgan fingerprint density at radius 2 is 2.18 bits per heavy atom. The third kappa shape index (κ3) is 1.77. The van der Waals surface area contributed by atoms with Crippen molar-refractivity contribution in [3.63, 3.8) is 0 Å². The minimum Gasteiger partial charge on any atom is -0.497 e. The van der Waals surface area contributed by atoms with Crippen LogP contribution in [0.15, 0.2) is 18.2 Å². The molecule has 0 spiro atoms. The van der Waals surface area contributed by atoms with Crippen LogP contribution in [0.1, 0.15) is 11.1 Å². The van der Waals surface area contributed by atoms with Gasteiger partial charge in [0, 0.05) is 5.37 Å². The molecule has 2 heteroatoms. The minimum absolute atomic E-state index is 0.878. The normalized spacial score (nSPS) is 9.27. The van der Waals surface area contributed by atoms with E-state index in [0.29, 0.717) is 0 Å². The zero-order valence-corrected chi connectivity index (χ0v) is 7.44. The summed E-state index contributed by atoms with van der Waals surface area (Å²) in [4.78, 5) is 0. The number of thiocarbonyl (C=S) groups is 1. The molecule has 1 aromatic carbocycles. The molecule has 11 heavy (non-hydrogen) atoms. The first-order valence-electron chi connectivity index (χ1n) is 3.37. The summed E-state index contributed by atoms with van der Waals surface area (Å²) in [5, 5.41) is 1.68. The van der Waals surface area contributed by atoms with Gasteiger partial charge in [-0.1, -0.05) is 18.3 Å². The first-order chi connectivity index (χ1) is 5.27. The van der Waals surface area contributed by atoms with Gasteiger partial charge < -0.3 is 4.74 Å². The van der Waals surface area contributed by atoms with Crippen LogP contribution in [0, 0.1) is 6.92 Å². The lowest BCUT2D eigenvalue weighted by atomic mass is 10.1. The molecule has 1 aromatic rings. The van der Waals surface area contributed by atoms with E-state index in [2.05, 4.69) is 0 Å². The molecule has 0 aliphatic heterocycles. The van der Waals surface area contributed by atoms with Crippen molar-refractivity contribution in [3.05, 3.63) is 29.3 Å². The van der Waals surface area contributed by atoms with Crippen LogP contribution in [-0.4, -0.2) is 12.5 Å². The molecular weight excluding hydrogens is 156 g/mol. The first kappa shape index (κ1) is 8.21. The van der Waals surface area contributed by atoms with Crippen molar-refractivity contribution in [2.75, 3.05) is 7.11 Å². The number of benzene rings is 1. The van der Waals surface area contributed by atoms with Crippen molar-refractivity contribution in [3.8, 4) is 5.75 Å². The summed E-state index contributed by atoms with van der Waals surface area (Å²) < 4.78 is 5.05. The maximum Gasteiger partial charge on any atom is 0.119 e. The standard InChI is InChI=1S/C9H10OS/c1-7-5-9(10-2)4-3-8(7)6-11/h3-6H,1-2H3. The highest BCUT2D eigenvalue weighted by atomic mass is 32.1. The highest BCUT2D eigenvalue weighted by molar-refractivity contribution is 7.79.